The van der Waals surface area contributed by atoms with E-state index in [-0.39, 0.29) is 5.91 Å². The molecule has 1 N–H and O–H groups in total. The van der Waals surface area contributed by atoms with Crippen molar-refractivity contribution in [2.75, 3.05) is 18.1 Å². The molecule has 0 saturated carbocycles. The van der Waals surface area contributed by atoms with Crippen molar-refractivity contribution < 1.29 is 9.53 Å². The molecule has 0 radical (unpaired) electrons. The third-order valence-corrected chi connectivity index (χ3v) is 3.88. The van der Waals surface area contributed by atoms with Crippen molar-refractivity contribution in [2.45, 2.75) is 20.8 Å². The lowest BCUT2D eigenvalue weighted by Gasteiger charge is -2.21. The van der Waals surface area contributed by atoms with Crippen molar-refractivity contribution in [3.63, 3.8) is 0 Å². The molecule has 6 nitrogen and oxygen atoms in total. The number of nitrogens with one attached hydrogen (secondary N) is 1. The number of hydrogen-bond acceptors (Lipinski definition) is 4. The number of aromatic amines is 1. The Labute approximate surface area is 140 Å². The molecule has 0 unspecified atom stereocenters. The second-order valence-corrected chi connectivity index (χ2v) is 5.46. The molecule has 6 heteroatoms. The van der Waals surface area contributed by atoms with Gasteiger partial charge in [0.25, 0.3) is 5.91 Å². The third kappa shape index (κ3) is 2.95. The summed E-state index contributed by atoms with van der Waals surface area (Å²) < 4.78 is 5.45. The van der Waals surface area contributed by atoms with Gasteiger partial charge >= 0.3 is 0 Å². The first kappa shape index (κ1) is 16.0. The van der Waals surface area contributed by atoms with Crippen LogP contribution in [0.25, 0.3) is 11.0 Å². The van der Waals surface area contributed by atoms with Crippen molar-refractivity contribution in [2.24, 2.45) is 0 Å². The molecule has 1 amide bonds. The molecule has 2 aromatic carbocycles. The van der Waals surface area contributed by atoms with Crippen LogP contribution in [0.1, 0.15) is 29.8 Å². The van der Waals surface area contributed by atoms with E-state index in [1.54, 1.807) is 11.0 Å². The lowest BCUT2D eigenvalue weighted by atomic mass is 10.1. The van der Waals surface area contributed by atoms with E-state index in [1.165, 1.54) is 0 Å². The molecule has 1 heterocycles. The highest BCUT2D eigenvalue weighted by Crippen LogP contribution is 2.23. The zero-order chi connectivity index (χ0) is 17.1. The van der Waals surface area contributed by atoms with Gasteiger partial charge in [-0.15, -0.1) is 0 Å². The van der Waals surface area contributed by atoms with E-state index in [9.17, 15) is 4.79 Å². The highest BCUT2D eigenvalue weighted by molar-refractivity contribution is 6.07. The summed E-state index contributed by atoms with van der Waals surface area (Å²) in [6, 6.07) is 11.2. The minimum atomic E-state index is -0.0605. The second-order valence-electron chi connectivity index (χ2n) is 5.46. The molecule has 0 aliphatic carbocycles. The standard InChI is InChI=1S/C18H20N4O2/c1-4-22(14-6-8-15(9-7-14)24-5-2)18(23)13-10-12(3)17-16(11-13)19-21-20-17/h6-11H,4-5H2,1-3H3,(H,19,20,21). The van der Waals surface area contributed by atoms with Gasteiger partial charge in [0.2, 0.25) is 0 Å². The average Bonchev–Trinajstić information content (AvgIpc) is 3.06. The molecule has 3 aromatic rings. The van der Waals surface area contributed by atoms with Crippen LogP contribution in [0.15, 0.2) is 36.4 Å². The van der Waals surface area contributed by atoms with Gasteiger partial charge in [-0.25, -0.2) is 0 Å². The molecule has 0 fully saturated rings. The number of fused-ring (bicyclic) bond motifs is 1. The maximum absolute atomic E-state index is 12.9. The molecule has 0 aliphatic heterocycles. The minimum absolute atomic E-state index is 0.0605. The molecule has 0 saturated heterocycles. The van der Waals surface area contributed by atoms with Crippen molar-refractivity contribution in [3.8, 4) is 5.75 Å². The summed E-state index contributed by atoms with van der Waals surface area (Å²) >= 11 is 0. The molecule has 0 aliphatic rings. The largest absolute Gasteiger partial charge is 0.494 e. The first-order valence-corrected chi connectivity index (χ1v) is 8.00. The summed E-state index contributed by atoms with van der Waals surface area (Å²) in [5.41, 5.74) is 3.84. The number of carbonyl (C=O) groups excluding carboxylic acids is 1. The summed E-state index contributed by atoms with van der Waals surface area (Å²) in [6.07, 6.45) is 0. The number of H-pyrrole nitrogens is 1. The molecule has 3 rings (SSSR count). The Kier molecular flexibility index (Phi) is 4.46. The molecule has 124 valence electrons. The molecule has 24 heavy (non-hydrogen) atoms. The van der Waals surface area contributed by atoms with Gasteiger partial charge in [0.05, 0.1) is 6.61 Å². The van der Waals surface area contributed by atoms with Gasteiger partial charge in [-0.2, -0.15) is 15.4 Å². The number of ether oxygens (including phenoxy) is 1. The summed E-state index contributed by atoms with van der Waals surface area (Å²) in [6.45, 7) is 7.01. The van der Waals surface area contributed by atoms with Crippen LogP contribution in [0.3, 0.4) is 0 Å². The van der Waals surface area contributed by atoms with Crippen LogP contribution in [0.5, 0.6) is 5.75 Å². The first-order chi connectivity index (χ1) is 11.6. The number of rotatable bonds is 5. The van der Waals surface area contributed by atoms with Crippen LogP contribution in [0.2, 0.25) is 0 Å². The Hall–Kier alpha value is -2.89. The van der Waals surface area contributed by atoms with E-state index in [0.29, 0.717) is 24.2 Å². The van der Waals surface area contributed by atoms with E-state index >= 15 is 0 Å². The van der Waals surface area contributed by atoms with Gasteiger partial charge < -0.3 is 9.64 Å². The summed E-state index contributed by atoms with van der Waals surface area (Å²) in [7, 11) is 0. The highest BCUT2D eigenvalue weighted by Gasteiger charge is 2.18. The molecule has 1 aromatic heterocycles. The number of hydrogen-bond donors (Lipinski definition) is 1. The van der Waals surface area contributed by atoms with Gasteiger partial charge in [0.15, 0.2) is 0 Å². The van der Waals surface area contributed by atoms with E-state index < -0.39 is 0 Å². The topological polar surface area (TPSA) is 71.1 Å². The normalized spacial score (nSPS) is 10.8. The second kappa shape index (κ2) is 6.70. The molecule has 0 spiro atoms. The Bertz CT molecular complexity index is 855. The highest BCUT2D eigenvalue weighted by atomic mass is 16.5. The SMILES string of the molecule is CCOc1ccc(N(CC)C(=O)c2cc(C)c3n[nH]nc3c2)cc1. The number of anilines is 1. The number of aryl methyl sites for hydroxylation is 1. The summed E-state index contributed by atoms with van der Waals surface area (Å²) in [4.78, 5) is 14.7. The number of carbonyl (C=O) groups is 1. The lowest BCUT2D eigenvalue weighted by Crippen LogP contribution is -2.30. The van der Waals surface area contributed by atoms with Crippen LogP contribution in [-0.4, -0.2) is 34.5 Å². The van der Waals surface area contributed by atoms with Crippen LogP contribution < -0.4 is 9.64 Å². The fourth-order valence-electron chi connectivity index (χ4n) is 2.73. The zero-order valence-electron chi connectivity index (χ0n) is 14.0. The summed E-state index contributed by atoms with van der Waals surface area (Å²) in [5.74, 6) is 0.735. The van der Waals surface area contributed by atoms with Gasteiger partial charge in [-0.3, -0.25) is 4.79 Å². The van der Waals surface area contributed by atoms with E-state index in [0.717, 1.165) is 22.5 Å². The zero-order valence-corrected chi connectivity index (χ0v) is 14.0. The minimum Gasteiger partial charge on any atom is -0.494 e. The van der Waals surface area contributed by atoms with Crippen LogP contribution >= 0.6 is 0 Å². The van der Waals surface area contributed by atoms with Crippen LogP contribution in [0, 0.1) is 6.92 Å². The third-order valence-electron chi connectivity index (χ3n) is 3.88. The summed E-state index contributed by atoms with van der Waals surface area (Å²) in [5, 5.41) is 10.8. The fourth-order valence-corrected chi connectivity index (χ4v) is 2.73. The molecule has 0 atom stereocenters. The average molecular weight is 324 g/mol. The van der Waals surface area contributed by atoms with Crippen LogP contribution in [0.4, 0.5) is 5.69 Å². The number of benzene rings is 2. The Morgan fingerprint density at radius 3 is 2.58 bits per heavy atom. The smallest absolute Gasteiger partial charge is 0.258 e. The van der Waals surface area contributed by atoms with Gasteiger partial charge in [0.1, 0.15) is 16.8 Å². The first-order valence-electron chi connectivity index (χ1n) is 8.00. The lowest BCUT2D eigenvalue weighted by molar-refractivity contribution is 0.0988. The molecule has 0 bridgehead atoms. The maximum Gasteiger partial charge on any atom is 0.258 e. The monoisotopic (exact) mass is 324 g/mol. The fraction of sp³-hybridized carbons (Fsp3) is 0.278. The Morgan fingerprint density at radius 2 is 1.92 bits per heavy atom. The Morgan fingerprint density at radius 1 is 1.17 bits per heavy atom. The quantitative estimate of drug-likeness (QED) is 0.781. The number of aromatic nitrogens is 3. The van der Waals surface area contributed by atoms with Gasteiger partial charge in [-0.1, -0.05) is 0 Å². The van der Waals surface area contributed by atoms with Gasteiger partial charge in [-0.05, 0) is 62.7 Å². The van der Waals surface area contributed by atoms with Crippen molar-refractivity contribution in [1.82, 2.24) is 15.4 Å². The van der Waals surface area contributed by atoms with Crippen molar-refractivity contribution in [3.05, 3.63) is 47.5 Å². The van der Waals surface area contributed by atoms with Crippen molar-refractivity contribution >= 4 is 22.6 Å². The van der Waals surface area contributed by atoms with E-state index in [4.69, 9.17) is 4.74 Å². The molecular formula is C18H20N4O2. The predicted octanol–water partition coefficient (Wildman–Crippen LogP) is 3.33. The van der Waals surface area contributed by atoms with E-state index in [1.807, 2.05) is 51.1 Å². The maximum atomic E-state index is 12.9. The van der Waals surface area contributed by atoms with Gasteiger partial charge in [0, 0.05) is 17.8 Å². The number of amides is 1. The Balaban J connectivity index is 1.92. The van der Waals surface area contributed by atoms with Crippen molar-refractivity contribution in [1.29, 1.82) is 0 Å². The van der Waals surface area contributed by atoms with Crippen LogP contribution in [-0.2, 0) is 0 Å². The van der Waals surface area contributed by atoms with E-state index in [2.05, 4.69) is 15.4 Å². The molecular weight excluding hydrogens is 304 g/mol. The predicted molar refractivity (Wildman–Crippen MR) is 93.6 cm³/mol. The number of nitrogens with zero attached hydrogens (tertiary/aromatic N) is 3.